The molecule has 0 nitrogen and oxygen atoms in total. The van der Waals surface area contributed by atoms with Crippen LogP contribution in [0.2, 0.25) is 32.1 Å². The molecule has 82 valence electrons. The van der Waals surface area contributed by atoms with Gasteiger partial charge in [0.15, 0.2) is 0 Å². The minimum atomic E-state index is -0.543. The summed E-state index contributed by atoms with van der Waals surface area (Å²) in [4.78, 5) is 7.09. The molecule has 0 N–H and O–H groups in total. The van der Waals surface area contributed by atoms with E-state index in [2.05, 4.69) is 62.1 Å². The Bertz CT molecular complexity index is 69.9. The molecule has 2 radical (unpaired) electrons. The van der Waals surface area contributed by atoms with Crippen LogP contribution in [0.15, 0.2) is 0 Å². The molecule has 0 aliphatic heterocycles. The Morgan fingerprint density at radius 1 is 0.923 bits per heavy atom. The van der Waals surface area contributed by atoms with E-state index < -0.39 is 19.8 Å². The van der Waals surface area contributed by atoms with E-state index in [4.69, 9.17) is 0 Å². The fourth-order valence-electron chi connectivity index (χ4n) is 0. The van der Waals surface area contributed by atoms with Gasteiger partial charge in [-0.1, -0.05) is 20.8 Å². The molecule has 0 fully saturated rings. The first-order valence-electron chi connectivity index (χ1n) is 4.79. The van der Waals surface area contributed by atoms with Crippen LogP contribution in [0.3, 0.4) is 0 Å². The van der Waals surface area contributed by atoms with Gasteiger partial charge in [-0.3, -0.25) is 0 Å². The van der Waals surface area contributed by atoms with Gasteiger partial charge in [0, 0.05) is 0 Å². The standard InChI is InChI=1S/C4H11P.C3H9Ge.3CH3.Sn/c1-4(2,3)5;1-4(2)3;;;;/h5H2,1-3H3;1-3H3;3*1H3;. The summed E-state index contributed by atoms with van der Waals surface area (Å²) in [5.74, 6) is 7.00. The van der Waals surface area contributed by atoms with Crippen LogP contribution in [0.25, 0.3) is 0 Å². The van der Waals surface area contributed by atoms with Crippen LogP contribution < -0.4 is 0 Å². The molecule has 1 unspecified atom stereocenters. The monoisotopic (exact) mass is 374 g/mol. The van der Waals surface area contributed by atoms with E-state index in [-0.39, 0.29) is 14.3 Å². The van der Waals surface area contributed by atoms with Crippen molar-refractivity contribution < 1.29 is 0 Å². The van der Waals surface area contributed by atoms with Crippen molar-refractivity contribution in [1.82, 2.24) is 0 Å². The third-order valence-corrected chi connectivity index (χ3v) is 0. The summed E-state index contributed by atoms with van der Waals surface area (Å²) in [5, 5.41) is 0.417. The molecule has 0 aromatic heterocycles. The molecule has 0 aromatic carbocycles. The van der Waals surface area contributed by atoms with Crippen molar-refractivity contribution in [2.45, 2.75) is 58.0 Å². The van der Waals surface area contributed by atoms with Gasteiger partial charge in [0.2, 0.25) is 0 Å². The Balaban J connectivity index is -0.000000117. The second kappa shape index (κ2) is 11.8. The molecule has 0 heterocycles. The molecule has 0 bridgehead atoms. The van der Waals surface area contributed by atoms with Crippen LogP contribution in [-0.2, 0) is 0 Å². The molecular formula is C10H29GePSn. The van der Waals surface area contributed by atoms with Gasteiger partial charge < -0.3 is 0 Å². The summed E-state index contributed by atoms with van der Waals surface area (Å²) in [6.45, 7) is 6.45. The number of hydrogen-bond donors (Lipinski definition) is 0. The summed E-state index contributed by atoms with van der Waals surface area (Å²) in [6.07, 6.45) is 0. The van der Waals surface area contributed by atoms with Crippen LogP contribution in [0.1, 0.15) is 20.8 Å². The van der Waals surface area contributed by atoms with Crippen molar-refractivity contribution in [2.24, 2.45) is 0 Å². The zero-order chi connectivity index (χ0) is 11.7. The fraction of sp³-hybridized carbons (Fsp3) is 1.00. The van der Waals surface area contributed by atoms with Crippen LogP contribution in [0, 0.1) is 0 Å². The molecule has 0 saturated heterocycles. The molecule has 0 aromatic rings. The molecule has 13 heavy (non-hydrogen) atoms. The molecule has 3 heteroatoms. The van der Waals surface area contributed by atoms with E-state index in [9.17, 15) is 0 Å². The van der Waals surface area contributed by atoms with E-state index in [1.54, 1.807) is 0 Å². The Morgan fingerprint density at radius 2 is 0.923 bits per heavy atom. The van der Waals surface area contributed by atoms with Crippen molar-refractivity contribution in [3.8, 4) is 0 Å². The molecule has 0 aliphatic rings. The van der Waals surface area contributed by atoms with Crippen molar-refractivity contribution in [3.63, 3.8) is 0 Å². The van der Waals surface area contributed by atoms with Crippen molar-refractivity contribution >= 4 is 43.3 Å². The maximum absolute atomic E-state index is 2.72. The number of hydrogen-bond acceptors (Lipinski definition) is 0. The van der Waals surface area contributed by atoms with Crippen molar-refractivity contribution in [2.75, 3.05) is 0 Å². The third-order valence-electron chi connectivity index (χ3n) is 0. The molecule has 0 aliphatic carbocycles. The Labute approximate surface area is 101 Å². The first kappa shape index (κ1) is 20.2. The molecule has 0 saturated carbocycles. The van der Waals surface area contributed by atoms with Gasteiger partial charge in [0.05, 0.1) is 0 Å². The predicted octanol–water partition coefficient (Wildman–Crippen LogP) is 4.40. The van der Waals surface area contributed by atoms with E-state index in [1.165, 1.54) is 0 Å². The third kappa shape index (κ3) is 608. The van der Waals surface area contributed by atoms with E-state index >= 15 is 0 Å². The summed E-state index contributed by atoms with van der Waals surface area (Å²) < 4.78 is 0. The van der Waals surface area contributed by atoms with Crippen LogP contribution in [0.5, 0.6) is 0 Å². The summed E-state index contributed by atoms with van der Waals surface area (Å²) in [5.41, 5.74) is 0. The summed E-state index contributed by atoms with van der Waals surface area (Å²) >= 11 is -0.877. The second-order valence-corrected chi connectivity index (χ2v) is 22.0. The average Bonchev–Trinajstić information content (AvgIpc) is 1.50. The molecular weight excluding hydrogens is 342 g/mol. The Morgan fingerprint density at radius 3 is 0.923 bits per heavy atom. The molecule has 0 amide bonds. The Kier molecular flexibility index (Phi) is 18.4. The molecule has 1 atom stereocenters. The van der Waals surface area contributed by atoms with Crippen LogP contribution in [-0.4, -0.2) is 39.3 Å². The van der Waals surface area contributed by atoms with Gasteiger partial charge in [-0.05, 0) is 5.16 Å². The van der Waals surface area contributed by atoms with Gasteiger partial charge in [0.25, 0.3) is 0 Å². The quantitative estimate of drug-likeness (QED) is 0.437. The molecule has 0 spiro atoms. The van der Waals surface area contributed by atoms with Gasteiger partial charge in [-0.15, -0.1) is 9.24 Å². The SMILES string of the molecule is CC(C)(C)P.[CH3][Ge]([CH3])[CH3].[CH3][Sn]([CH3])[CH3]. The normalized spacial score (nSPS) is 10.2. The van der Waals surface area contributed by atoms with E-state index in [0.29, 0.717) is 5.16 Å². The van der Waals surface area contributed by atoms with Gasteiger partial charge in [-0.25, -0.2) is 0 Å². The zero-order valence-corrected chi connectivity index (χ0v) is 17.2. The van der Waals surface area contributed by atoms with Gasteiger partial charge >= 0.3 is 66.2 Å². The summed E-state index contributed by atoms with van der Waals surface area (Å²) in [6, 6.07) is 0. The van der Waals surface area contributed by atoms with E-state index in [0.717, 1.165) is 0 Å². The van der Waals surface area contributed by atoms with Crippen molar-refractivity contribution in [1.29, 1.82) is 0 Å². The summed E-state index contributed by atoms with van der Waals surface area (Å²) in [7, 11) is 2.72. The number of rotatable bonds is 0. The predicted molar refractivity (Wildman–Crippen MR) is 76.2 cm³/mol. The second-order valence-electron chi connectivity index (χ2n) is 5.37. The average molecular weight is 372 g/mol. The van der Waals surface area contributed by atoms with Crippen molar-refractivity contribution in [3.05, 3.63) is 0 Å². The van der Waals surface area contributed by atoms with Crippen LogP contribution >= 0.6 is 9.24 Å². The fourth-order valence-corrected chi connectivity index (χ4v) is 0. The first-order chi connectivity index (χ1) is 5.46. The first-order valence-corrected chi connectivity index (χ1v) is 20.2. The Hall–Kier alpha value is 1.77. The minimum absolute atomic E-state index is 0.333. The van der Waals surface area contributed by atoms with Crippen LogP contribution in [0.4, 0.5) is 0 Å². The maximum atomic E-state index is 2.72. The topological polar surface area (TPSA) is 0 Å². The van der Waals surface area contributed by atoms with Gasteiger partial charge in [-0.2, -0.15) is 0 Å². The zero-order valence-electron chi connectivity index (χ0n) is 11.1. The van der Waals surface area contributed by atoms with Gasteiger partial charge in [0.1, 0.15) is 0 Å². The molecule has 0 rings (SSSR count). The van der Waals surface area contributed by atoms with E-state index in [1.807, 2.05) is 0 Å².